The lowest BCUT2D eigenvalue weighted by atomic mass is 9.81. The van der Waals surface area contributed by atoms with Crippen LogP contribution in [0.1, 0.15) is 43.7 Å². The monoisotopic (exact) mass is 264 g/mol. The summed E-state index contributed by atoms with van der Waals surface area (Å²) in [5, 5.41) is 0. The minimum atomic E-state index is 0.154. The van der Waals surface area contributed by atoms with E-state index in [0.717, 1.165) is 17.1 Å². The van der Waals surface area contributed by atoms with E-state index in [4.69, 9.17) is 15.3 Å². The van der Waals surface area contributed by atoms with Crippen LogP contribution in [0.5, 0.6) is 11.5 Å². The molecule has 0 aliphatic heterocycles. The standard InChI is InChI=1S/C15H24N2O2/c1-18-12-8-9-13(14(10-12)19-2)15(17-16)11-6-4-3-5-7-11/h8-11,15,17H,3-7,16H2,1-2H3. The minimum Gasteiger partial charge on any atom is -0.497 e. The van der Waals surface area contributed by atoms with Gasteiger partial charge in [-0.2, -0.15) is 0 Å². The Bertz CT molecular complexity index is 403. The van der Waals surface area contributed by atoms with Gasteiger partial charge < -0.3 is 9.47 Å². The van der Waals surface area contributed by atoms with Gasteiger partial charge in [-0.25, -0.2) is 0 Å². The molecule has 0 radical (unpaired) electrons. The summed E-state index contributed by atoms with van der Waals surface area (Å²) in [5.74, 6) is 8.02. The Balaban J connectivity index is 2.26. The molecule has 1 atom stereocenters. The minimum absolute atomic E-state index is 0.154. The molecule has 0 saturated heterocycles. The molecular weight excluding hydrogens is 240 g/mol. The van der Waals surface area contributed by atoms with Gasteiger partial charge in [0.25, 0.3) is 0 Å². The van der Waals surface area contributed by atoms with E-state index < -0.39 is 0 Å². The fourth-order valence-corrected chi connectivity index (χ4v) is 3.02. The molecule has 1 aromatic carbocycles. The first-order valence-electron chi connectivity index (χ1n) is 6.98. The van der Waals surface area contributed by atoms with Gasteiger partial charge in [0.15, 0.2) is 0 Å². The van der Waals surface area contributed by atoms with Crippen molar-refractivity contribution in [2.24, 2.45) is 11.8 Å². The first-order chi connectivity index (χ1) is 9.30. The van der Waals surface area contributed by atoms with Crippen molar-refractivity contribution in [1.82, 2.24) is 5.43 Å². The zero-order chi connectivity index (χ0) is 13.7. The number of nitrogens with two attached hydrogens (primary N) is 1. The van der Waals surface area contributed by atoms with Gasteiger partial charge in [-0.1, -0.05) is 25.3 Å². The fourth-order valence-electron chi connectivity index (χ4n) is 3.02. The maximum absolute atomic E-state index is 5.79. The highest BCUT2D eigenvalue weighted by molar-refractivity contribution is 5.42. The summed E-state index contributed by atoms with van der Waals surface area (Å²) in [4.78, 5) is 0. The number of ether oxygens (including phenoxy) is 2. The summed E-state index contributed by atoms with van der Waals surface area (Å²) in [6, 6.07) is 6.09. The summed E-state index contributed by atoms with van der Waals surface area (Å²) in [7, 11) is 3.35. The number of nitrogens with one attached hydrogen (secondary N) is 1. The lowest BCUT2D eigenvalue weighted by Crippen LogP contribution is -2.34. The second-order valence-corrected chi connectivity index (χ2v) is 5.15. The van der Waals surface area contributed by atoms with Crippen LogP contribution in [-0.4, -0.2) is 14.2 Å². The quantitative estimate of drug-likeness (QED) is 0.634. The molecule has 4 heteroatoms. The van der Waals surface area contributed by atoms with Gasteiger partial charge in [-0.05, 0) is 24.8 Å². The normalized spacial score (nSPS) is 18.1. The van der Waals surface area contributed by atoms with Gasteiger partial charge in [0.2, 0.25) is 0 Å². The van der Waals surface area contributed by atoms with Gasteiger partial charge in [0.1, 0.15) is 11.5 Å². The second kappa shape index (κ2) is 6.78. The van der Waals surface area contributed by atoms with E-state index in [-0.39, 0.29) is 6.04 Å². The molecule has 1 fully saturated rings. The van der Waals surface area contributed by atoms with Crippen molar-refractivity contribution in [3.8, 4) is 11.5 Å². The maximum Gasteiger partial charge on any atom is 0.127 e. The van der Waals surface area contributed by atoms with Crippen molar-refractivity contribution in [1.29, 1.82) is 0 Å². The van der Waals surface area contributed by atoms with Crippen molar-refractivity contribution in [3.63, 3.8) is 0 Å². The van der Waals surface area contributed by atoms with E-state index in [1.165, 1.54) is 32.1 Å². The average molecular weight is 264 g/mol. The van der Waals surface area contributed by atoms with Gasteiger partial charge in [0.05, 0.1) is 20.3 Å². The SMILES string of the molecule is COc1ccc(C(NN)C2CCCCC2)c(OC)c1. The second-order valence-electron chi connectivity index (χ2n) is 5.15. The molecular formula is C15H24N2O2. The number of benzene rings is 1. The molecule has 0 aromatic heterocycles. The molecule has 106 valence electrons. The Morgan fingerprint density at radius 3 is 2.47 bits per heavy atom. The van der Waals surface area contributed by atoms with E-state index >= 15 is 0 Å². The van der Waals surface area contributed by atoms with Crippen LogP contribution in [-0.2, 0) is 0 Å². The Labute approximate surface area is 115 Å². The number of rotatable bonds is 5. The summed E-state index contributed by atoms with van der Waals surface area (Å²) >= 11 is 0. The van der Waals surface area contributed by atoms with Crippen LogP contribution in [0.3, 0.4) is 0 Å². The summed E-state index contributed by atoms with van der Waals surface area (Å²) in [5.41, 5.74) is 4.10. The molecule has 1 saturated carbocycles. The molecule has 4 nitrogen and oxygen atoms in total. The Hall–Kier alpha value is -1.26. The number of methoxy groups -OCH3 is 2. The van der Waals surface area contributed by atoms with Crippen LogP contribution in [0.4, 0.5) is 0 Å². The average Bonchev–Trinajstić information content (AvgIpc) is 2.49. The molecule has 1 aliphatic rings. The van der Waals surface area contributed by atoms with Crippen LogP contribution >= 0.6 is 0 Å². The predicted octanol–water partition coefficient (Wildman–Crippen LogP) is 2.79. The molecule has 2 rings (SSSR count). The predicted molar refractivity (Wildman–Crippen MR) is 76.2 cm³/mol. The third-order valence-corrected chi connectivity index (χ3v) is 4.08. The van der Waals surface area contributed by atoms with Crippen molar-refractivity contribution in [3.05, 3.63) is 23.8 Å². The van der Waals surface area contributed by atoms with Crippen LogP contribution in [0.25, 0.3) is 0 Å². The molecule has 1 aliphatic carbocycles. The molecule has 19 heavy (non-hydrogen) atoms. The molecule has 1 aromatic rings. The lowest BCUT2D eigenvalue weighted by Gasteiger charge is -2.31. The van der Waals surface area contributed by atoms with Crippen molar-refractivity contribution in [2.75, 3.05) is 14.2 Å². The zero-order valence-electron chi connectivity index (χ0n) is 11.8. The van der Waals surface area contributed by atoms with E-state index in [0.29, 0.717) is 5.92 Å². The zero-order valence-corrected chi connectivity index (χ0v) is 11.8. The van der Waals surface area contributed by atoms with Gasteiger partial charge >= 0.3 is 0 Å². The van der Waals surface area contributed by atoms with Crippen LogP contribution in [0, 0.1) is 5.92 Å². The smallest absolute Gasteiger partial charge is 0.127 e. The third kappa shape index (κ3) is 3.19. The molecule has 0 amide bonds. The number of hydrazine groups is 1. The molecule has 0 spiro atoms. The fraction of sp³-hybridized carbons (Fsp3) is 0.600. The van der Waals surface area contributed by atoms with Crippen molar-refractivity contribution in [2.45, 2.75) is 38.1 Å². The summed E-state index contributed by atoms with van der Waals surface area (Å²) < 4.78 is 10.7. The van der Waals surface area contributed by atoms with Crippen LogP contribution in [0.15, 0.2) is 18.2 Å². The molecule has 1 unspecified atom stereocenters. The summed E-state index contributed by atoms with van der Waals surface area (Å²) in [6.07, 6.45) is 6.38. The highest BCUT2D eigenvalue weighted by Crippen LogP contribution is 2.38. The topological polar surface area (TPSA) is 56.5 Å². The molecule has 0 bridgehead atoms. The summed E-state index contributed by atoms with van der Waals surface area (Å²) in [6.45, 7) is 0. The van der Waals surface area contributed by atoms with Crippen LogP contribution < -0.4 is 20.7 Å². The maximum atomic E-state index is 5.79. The Morgan fingerprint density at radius 1 is 1.16 bits per heavy atom. The van der Waals surface area contributed by atoms with E-state index in [1.807, 2.05) is 12.1 Å². The highest BCUT2D eigenvalue weighted by atomic mass is 16.5. The van der Waals surface area contributed by atoms with Gasteiger partial charge in [0, 0.05) is 11.6 Å². The van der Waals surface area contributed by atoms with Gasteiger partial charge in [-0.3, -0.25) is 11.3 Å². The van der Waals surface area contributed by atoms with Crippen molar-refractivity contribution < 1.29 is 9.47 Å². The first kappa shape index (κ1) is 14.2. The third-order valence-electron chi connectivity index (χ3n) is 4.08. The van der Waals surface area contributed by atoms with E-state index in [1.54, 1.807) is 14.2 Å². The molecule has 3 N–H and O–H groups in total. The molecule has 0 heterocycles. The Morgan fingerprint density at radius 2 is 1.89 bits per heavy atom. The number of hydrogen-bond acceptors (Lipinski definition) is 4. The number of hydrogen-bond donors (Lipinski definition) is 2. The van der Waals surface area contributed by atoms with Crippen LogP contribution in [0.2, 0.25) is 0 Å². The lowest BCUT2D eigenvalue weighted by molar-refractivity contribution is 0.267. The van der Waals surface area contributed by atoms with Crippen molar-refractivity contribution >= 4 is 0 Å². The highest BCUT2D eigenvalue weighted by Gasteiger charge is 2.26. The van der Waals surface area contributed by atoms with E-state index in [2.05, 4.69) is 11.5 Å². The van der Waals surface area contributed by atoms with Gasteiger partial charge in [-0.15, -0.1) is 0 Å². The largest absolute Gasteiger partial charge is 0.497 e. The Kier molecular flexibility index (Phi) is 5.05. The first-order valence-corrected chi connectivity index (χ1v) is 6.98. The van der Waals surface area contributed by atoms with E-state index in [9.17, 15) is 0 Å².